The summed E-state index contributed by atoms with van der Waals surface area (Å²) >= 11 is 5.87. The van der Waals surface area contributed by atoms with Gasteiger partial charge in [-0.25, -0.2) is 9.79 Å². The molecule has 0 unspecified atom stereocenters. The molecule has 22 heavy (non-hydrogen) atoms. The molecule has 1 aromatic carbocycles. The van der Waals surface area contributed by atoms with Crippen LogP contribution in [0.2, 0.25) is 5.02 Å². The number of aliphatic imine (C=N–C) groups is 1. The van der Waals surface area contributed by atoms with Gasteiger partial charge in [-0.1, -0.05) is 38.3 Å². The van der Waals surface area contributed by atoms with Crippen LogP contribution in [0.4, 0.5) is 10.5 Å². The Morgan fingerprint density at radius 3 is 2.18 bits per heavy atom. The summed E-state index contributed by atoms with van der Waals surface area (Å²) in [4.78, 5) is 28.7. The maximum absolute atomic E-state index is 12.5. The first-order chi connectivity index (χ1) is 10.5. The molecule has 0 aromatic heterocycles. The lowest BCUT2D eigenvalue weighted by Crippen LogP contribution is -2.62. The van der Waals surface area contributed by atoms with Gasteiger partial charge in [0.15, 0.2) is 0 Å². The van der Waals surface area contributed by atoms with Crippen LogP contribution < -0.4 is 10.6 Å². The Balaban J connectivity index is 2.47. The van der Waals surface area contributed by atoms with Crippen LogP contribution in [0, 0.1) is 5.41 Å². The van der Waals surface area contributed by atoms with Crippen LogP contribution in [-0.4, -0.2) is 17.8 Å². The first kappa shape index (κ1) is 16.5. The highest BCUT2D eigenvalue weighted by Crippen LogP contribution is 2.34. The van der Waals surface area contributed by atoms with Gasteiger partial charge in [-0.15, -0.1) is 0 Å². The second-order valence-corrected chi connectivity index (χ2v) is 5.86. The Kier molecular flexibility index (Phi) is 5.19. The van der Waals surface area contributed by atoms with Gasteiger partial charge in [0.2, 0.25) is 5.91 Å². The molecule has 1 aliphatic heterocycles. The van der Waals surface area contributed by atoms with Crippen molar-refractivity contribution in [2.75, 3.05) is 0 Å². The molecule has 1 aliphatic rings. The summed E-state index contributed by atoms with van der Waals surface area (Å²) in [5.41, 5.74) is -0.122. The molecule has 1 heterocycles. The zero-order chi connectivity index (χ0) is 16.2. The van der Waals surface area contributed by atoms with Crippen molar-refractivity contribution in [3.05, 3.63) is 29.3 Å². The number of carbonyl (C=O) groups is 2. The molecule has 0 saturated carbocycles. The van der Waals surface area contributed by atoms with E-state index >= 15 is 0 Å². The topological polar surface area (TPSA) is 70.6 Å². The van der Waals surface area contributed by atoms with Gasteiger partial charge in [0.05, 0.1) is 5.69 Å². The summed E-state index contributed by atoms with van der Waals surface area (Å²) in [6.45, 7) is 4.03. The summed E-state index contributed by atoms with van der Waals surface area (Å²) in [6.07, 6.45) is 2.92. The van der Waals surface area contributed by atoms with Gasteiger partial charge in [-0.3, -0.25) is 15.4 Å². The molecule has 3 amide bonds. The standard InChI is InChI=1S/C16H20ClN3O2/c1-3-9-16(10-4-2)13(19-15(22)20-14(16)21)18-12-7-5-11(17)6-8-12/h5-8H,3-4,9-10H2,1-2H3,(H2,18,19,20,21,22). The minimum Gasteiger partial charge on any atom is -0.295 e. The quantitative estimate of drug-likeness (QED) is 0.866. The molecule has 0 spiro atoms. The van der Waals surface area contributed by atoms with Crippen molar-refractivity contribution < 1.29 is 9.59 Å². The lowest BCUT2D eigenvalue weighted by Gasteiger charge is -2.36. The predicted molar refractivity (Wildman–Crippen MR) is 87.5 cm³/mol. The lowest BCUT2D eigenvalue weighted by molar-refractivity contribution is -0.127. The molecule has 1 fully saturated rings. The maximum Gasteiger partial charge on any atom is 0.326 e. The highest BCUT2D eigenvalue weighted by molar-refractivity contribution is 6.30. The molecule has 2 rings (SSSR count). The van der Waals surface area contributed by atoms with Gasteiger partial charge >= 0.3 is 6.03 Å². The smallest absolute Gasteiger partial charge is 0.295 e. The molecule has 1 aromatic rings. The summed E-state index contributed by atoms with van der Waals surface area (Å²) in [5.74, 6) is 0.153. The molecular formula is C16H20ClN3O2. The van der Waals surface area contributed by atoms with E-state index in [0.29, 0.717) is 29.4 Å². The number of benzene rings is 1. The van der Waals surface area contributed by atoms with E-state index in [1.165, 1.54) is 0 Å². The van der Waals surface area contributed by atoms with E-state index in [4.69, 9.17) is 11.6 Å². The van der Waals surface area contributed by atoms with Crippen LogP contribution in [0.25, 0.3) is 0 Å². The third kappa shape index (κ3) is 3.30. The summed E-state index contributed by atoms with van der Waals surface area (Å²) in [6, 6.07) is 6.45. The molecule has 118 valence electrons. The second kappa shape index (κ2) is 6.92. The van der Waals surface area contributed by atoms with Crippen LogP contribution in [-0.2, 0) is 4.79 Å². The summed E-state index contributed by atoms with van der Waals surface area (Å²) in [5, 5.41) is 5.70. The van der Waals surface area contributed by atoms with Gasteiger partial charge in [-0.05, 0) is 37.1 Å². The van der Waals surface area contributed by atoms with Crippen LogP contribution in [0.15, 0.2) is 29.3 Å². The summed E-state index contributed by atoms with van der Waals surface area (Å²) in [7, 11) is 0. The maximum atomic E-state index is 12.5. The molecule has 0 radical (unpaired) electrons. The van der Waals surface area contributed by atoms with E-state index in [0.717, 1.165) is 12.8 Å². The lowest BCUT2D eigenvalue weighted by atomic mass is 9.76. The Bertz CT molecular complexity index is 590. The fourth-order valence-corrected chi connectivity index (χ4v) is 2.94. The van der Waals surface area contributed by atoms with Gasteiger partial charge in [0.1, 0.15) is 11.3 Å². The first-order valence-electron chi connectivity index (χ1n) is 7.49. The third-order valence-corrected chi connectivity index (χ3v) is 4.02. The zero-order valence-electron chi connectivity index (χ0n) is 12.8. The minimum absolute atomic E-state index is 0.271. The average Bonchev–Trinajstić information content (AvgIpc) is 2.47. The van der Waals surface area contributed by atoms with E-state index in [2.05, 4.69) is 15.6 Å². The van der Waals surface area contributed by atoms with Crippen molar-refractivity contribution in [1.82, 2.24) is 10.6 Å². The van der Waals surface area contributed by atoms with E-state index in [-0.39, 0.29) is 5.91 Å². The molecular weight excluding hydrogens is 302 g/mol. The number of nitrogens with zero attached hydrogens (tertiary/aromatic N) is 1. The number of urea groups is 1. The molecule has 0 bridgehead atoms. The van der Waals surface area contributed by atoms with Crippen molar-refractivity contribution in [3.8, 4) is 0 Å². The van der Waals surface area contributed by atoms with E-state index in [9.17, 15) is 9.59 Å². The number of nitrogens with one attached hydrogen (secondary N) is 2. The number of amidine groups is 1. The van der Waals surface area contributed by atoms with Gasteiger partial charge < -0.3 is 0 Å². The summed E-state index contributed by atoms with van der Waals surface area (Å²) < 4.78 is 0. The molecule has 5 nitrogen and oxygen atoms in total. The first-order valence-corrected chi connectivity index (χ1v) is 7.87. The number of halogens is 1. The van der Waals surface area contributed by atoms with Gasteiger partial charge in [0, 0.05) is 5.02 Å². The van der Waals surface area contributed by atoms with Crippen molar-refractivity contribution in [3.63, 3.8) is 0 Å². The number of carbonyl (C=O) groups excluding carboxylic acids is 2. The van der Waals surface area contributed by atoms with E-state index in [1.807, 2.05) is 13.8 Å². The number of imide groups is 1. The van der Waals surface area contributed by atoms with Crippen LogP contribution in [0.5, 0.6) is 0 Å². The van der Waals surface area contributed by atoms with Crippen LogP contribution >= 0.6 is 11.6 Å². The average molecular weight is 322 g/mol. The molecule has 2 N–H and O–H groups in total. The normalized spacial score (nSPS) is 19.0. The number of hydrogen-bond donors (Lipinski definition) is 2. The van der Waals surface area contributed by atoms with Crippen molar-refractivity contribution >= 4 is 35.1 Å². The minimum atomic E-state index is -0.781. The zero-order valence-corrected chi connectivity index (χ0v) is 13.5. The van der Waals surface area contributed by atoms with E-state index < -0.39 is 11.4 Å². The number of rotatable bonds is 5. The largest absolute Gasteiger partial charge is 0.326 e. The Morgan fingerprint density at radius 1 is 1.05 bits per heavy atom. The predicted octanol–water partition coefficient (Wildman–Crippen LogP) is 3.80. The monoisotopic (exact) mass is 321 g/mol. The fraction of sp³-hybridized carbons (Fsp3) is 0.438. The molecule has 1 saturated heterocycles. The van der Waals surface area contributed by atoms with Crippen LogP contribution in [0.1, 0.15) is 39.5 Å². The van der Waals surface area contributed by atoms with Crippen molar-refractivity contribution in [1.29, 1.82) is 0 Å². The van der Waals surface area contributed by atoms with E-state index in [1.54, 1.807) is 24.3 Å². The highest BCUT2D eigenvalue weighted by Gasteiger charge is 2.46. The molecule has 6 heteroatoms. The Morgan fingerprint density at radius 2 is 1.64 bits per heavy atom. The second-order valence-electron chi connectivity index (χ2n) is 5.43. The molecule has 0 atom stereocenters. The highest BCUT2D eigenvalue weighted by atomic mass is 35.5. The van der Waals surface area contributed by atoms with Crippen LogP contribution in [0.3, 0.4) is 0 Å². The third-order valence-electron chi connectivity index (χ3n) is 3.77. The number of amides is 3. The van der Waals surface area contributed by atoms with Crippen molar-refractivity contribution in [2.24, 2.45) is 10.4 Å². The molecule has 0 aliphatic carbocycles. The fourth-order valence-electron chi connectivity index (χ4n) is 2.81. The van der Waals surface area contributed by atoms with Gasteiger partial charge in [0.25, 0.3) is 0 Å². The Labute approximate surface area is 135 Å². The Hall–Kier alpha value is -1.88. The SMILES string of the molecule is CCCC1(CCC)C(=O)NC(=O)NC1=Nc1ccc(Cl)cc1. The number of hydrogen-bond acceptors (Lipinski definition) is 3. The van der Waals surface area contributed by atoms with Crippen molar-refractivity contribution in [2.45, 2.75) is 39.5 Å². The van der Waals surface area contributed by atoms with Gasteiger partial charge in [-0.2, -0.15) is 0 Å².